The van der Waals surface area contributed by atoms with Gasteiger partial charge < -0.3 is 20.1 Å². The van der Waals surface area contributed by atoms with Gasteiger partial charge in [-0.25, -0.2) is 0 Å². The Morgan fingerprint density at radius 1 is 0.947 bits per heavy atom. The lowest BCUT2D eigenvalue weighted by molar-refractivity contribution is -0.140. The monoisotopic (exact) mass is 520 g/mol. The maximum absolute atomic E-state index is 13.4. The summed E-state index contributed by atoms with van der Waals surface area (Å²) >= 11 is 0. The van der Waals surface area contributed by atoms with E-state index in [1.54, 1.807) is 4.90 Å². The maximum Gasteiger partial charge on any atom is 0.303 e. The number of fused-ring (bicyclic) bond motifs is 2. The lowest BCUT2D eigenvalue weighted by atomic mass is 9.90. The lowest BCUT2D eigenvalue weighted by Crippen LogP contribution is -2.38. The molecule has 1 heterocycles. The first-order chi connectivity index (χ1) is 17.9. The zero-order valence-electron chi connectivity index (χ0n) is 23.0. The first-order valence-corrected chi connectivity index (χ1v) is 13.1. The lowest BCUT2D eigenvalue weighted by Gasteiger charge is -2.30. The zero-order valence-corrected chi connectivity index (χ0v) is 23.0. The highest BCUT2D eigenvalue weighted by atomic mass is 16.5. The summed E-state index contributed by atoms with van der Waals surface area (Å²) in [6.07, 6.45) is 0.875. The van der Waals surface area contributed by atoms with Gasteiger partial charge in [-0.15, -0.1) is 0 Å². The number of nitrogens with zero attached hydrogens (tertiary/aromatic N) is 1. The zero-order chi connectivity index (χ0) is 27.9. The number of hydrogen-bond donors (Lipinski definition) is 2. The van der Waals surface area contributed by atoms with Gasteiger partial charge in [-0.3, -0.25) is 14.4 Å². The molecule has 7 nitrogen and oxygen atoms in total. The number of hydrogen-bond acceptors (Lipinski definition) is 4. The Labute approximate surface area is 225 Å². The minimum absolute atomic E-state index is 0.0278. The van der Waals surface area contributed by atoms with E-state index in [1.165, 1.54) is 0 Å². The summed E-state index contributed by atoms with van der Waals surface area (Å²) in [4.78, 5) is 38.8. The molecule has 1 aliphatic rings. The molecule has 0 aliphatic carbocycles. The number of carboxylic acids is 1. The molecule has 0 unspecified atom stereocenters. The number of benzene rings is 2. The fraction of sp³-hybridized carbons (Fsp3) is 0.452. The highest BCUT2D eigenvalue weighted by Gasteiger charge is 2.26. The van der Waals surface area contributed by atoms with Gasteiger partial charge in [0.25, 0.3) is 0 Å². The van der Waals surface area contributed by atoms with Crippen molar-refractivity contribution in [2.75, 3.05) is 24.7 Å². The molecule has 2 amide bonds. The largest absolute Gasteiger partial charge is 0.481 e. The van der Waals surface area contributed by atoms with E-state index in [4.69, 9.17) is 9.84 Å². The molecule has 0 fully saturated rings. The molecule has 38 heavy (non-hydrogen) atoms. The molecule has 204 valence electrons. The number of anilines is 1. The molecule has 0 aromatic heterocycles. The summed E-state index contributed by atoms with van der Waals surface area (Å²) in [5.41, 5.74) is 4.22. The minimum Gasteiger partial charge on any atom is -0.481 e. The number of para-hydroxylation sites is 1. The molecule has 0 atom stereocenters. The van der Waals surface area contributed by atoms with Gasteiger partial charge in [-0.2, -0.15) is 0 Å². The van der Waals surface area contributed by atoms with Crippen molar-refractivity contribution in [2.24, 2.45) is 10.8 Å². The normalized spacial score (nSPS) is 13.7. The molecule has 7 heteroatoms. The number of carbonyl (C=O) groups is 3. The Bertz CT molecular complexity index is 1180. The second kappa shape index (κ2) is 12.4. The third kappa shape index (κ3) is 8.28. The number of carbonyl (C=O) groups excluding carboxylic acids is 2. The van der Waals surface area contributed by atoms with Crippen molar-refractivity contribution < 1.29 is 24.2 Å². The van der Waals surface area contributed by atoms with E-state index in [0.29, 0.717) is 32.7 Å². The van der Waals surface area contributed by atoms with Gasteiger partial charge in [0.1, 0.15) is 0 Å². The van der Waals surface area contributed by atoms with Crippen LogP contribution in [0.3, 0.4) is 0 Å². The molecule has 3 rings (SSSR count). The van der Waals surface area contributed by atoms with Crippen molar-refractivity contribution in [3.63, 3.8) is 0 Å². The quantitative estimate of drug-likeness (QED) is 0.423. The van der Waals surface area contributed by atoms with E-state index in [9.17, 15) is 14.4 Å². The maximum atomic E-state index is 13.4. The highest BCUT2D eigenvalue weighted by molar-refractivity contribution is 5.97. The number of aliphatic carboxylic acids is 1. The molecule has 1 aliphatic heterocycles. The first-order valence-electron chi connectivity index (χ1n) is 13.1. The summed E-state index contributed by atoms with van der Waals surface area (Å²) in [5, 5.41) is 12.0. The predicted molar refractivity (Wildman–Crippen MR) is 150 cm³/mol. The summed E-state index contributed by atoms with van der Waals surface area (Å²) < 4.78 is 5.78. The van der Waals surface area contributed by atoms with Gasteiger partial charge in [0.2, 0.25) is 11.8 Å². The van der Waals surface area contributed by atoms with E-state index in [2.05, 4.69) is 11.9 Å². The molecule has 2 aromatic carbocycles. The van der Waals surface area contributed by atoms with Crippen LogP contribution in [0.2, 0.25) is 0 Å². The average molecular weight is 521 g/mol. The van der Waals surface area contributed by atoms with Gasteiger partial charge >= 0.3 is 5.97 Å². The number of ether oxygens (including phenoxy) is 1. The van der Waals surface area contributed by atoms with E-state index in [-0.39, 0.29) is 36.5 Å². The first kappa shape index (κ1) is 29.1. The van der Waals surface area contributed by atoms with E-state index >= 15 is 0 Å². The van der Waals surface area contributed by atoms with Gasteiger partial charge in [-0.1, -0.05) is 76.7 Å². The Balaban J connectivity index is 1.56. The number of amides is 2. The predicted octanol–water partition coefficient (Wildman–Crippen LogP) is 5.23. The van der Waals surface area contributed by atoms with E-state index in [0.717, 1.165) is 28.0 Å². The second-order valence-corrected chi connectivity index (χ2v) is 11.7. The Kier molecular flexibility index (Phi) is 9.50. The summed E-state index contributed by atoms with van der Waals surface area (Å²) in [6, 6.07) is 15.9. The summed E-state index contributed by atoms with van der Waals surface area (Å²) in [7, 11) is 0. The molecular formula is C31H40N2O5. The topological polar surface area (TPSA) is 95.9 Å². The second-order valence-electron chi connectivity index (χ2n) is 11.7. The van der Waals surface area contributed by atoms with Crippen LogP contribution in [-0.4, -0.2) is 42.6 Å². The Hall–Kier alpha value is -3.45. The van der Waals surface area contributed by atoms with Crippen LogP contribution in [-0.2, 0) is 32.1 Å². The van der Waals surface area contributed by atoms with Gasteiger partial charge in [0.15, 0.2) is 0 Å². The van der Waals surface area contributed by atoms with Gasteiger partial charge in [0.05, 0.1) is 26.2 Å². The molecule has 0 saturated carbocycles. The van der Waals surface area contributed by atoms with Gasteiger partial charge in [-0.05, 0) is 40.2 Å². The van der Waals surface area contributed by atoms with E-state index < -0.39 is 11.4 Å². The van der Waals surface area contributed by atoms with Crippen LogP contribution >= 0.6 is 0 Å². The Morgan fingerprint density at radius 2 is 1.58 bits per heavy atom. The number of nitrogens with one attached hydrogen (secondary N) is 1. The fourth-order valence-electron chi connectivity index (χ4n) is 4.63. The van der Waals surface area contributed by atoms with Crippen LogP contribution in [0.5, 0.6) is 0 Å². The highest BCUT2D eigenvalue weighted by Crippen LogP contribution is 2.33. The summed E-state index contributed by atoms with van der Waals surface area (Å²) in [5.74, 6) is -1.14. The minimum atomic E-state index is -0.853. The van der Waals surface area contributed by atoms with Crippen LogP contribution < -0.4 is 10.2 Å². The van der Waals surface area contributed by atoms with Crippen molar-refractivity contribution in [1.82, 2.24) is 5.32 Å². The number of carboxylic acid groups (broad SMARTS) is 1. The molecule has 0 bridgehead atoms. The molecule has 0 saturated heterocycles. The van der Waals surface area contributed by atoms with Crippen molar-refractivity contribution in [3.05, 3.63) is 71.8 Å². The molecule has 2 aromatic rings. The van der Waals surface area contributed by atoms with E-state index in [1.807, 2.05) is 76.2 Å². The molecular weight excluding hydrogens is 480 g/mol. The van der Waals surface area contributed by atoms with Crippen LogP contribution in [0, 0.1) is 10.8 Å². The molecule has 2 N–H and O–H groups in total. The fourth-order valence-corrected chi connectivity index (χ4v) is 4.63. The van der Waals surface area contributed by atoms with Crippen LogP contribution in [0.15, 0.2) is 55.1 Å². The van der Waals surface area contributed by atoms with Crippen LogP contribution in [0.4, 0.5) is 5.69 Å². The molecule has 0 radical (unpaired) electrons. The third-order valence-corrected chi connectivity index (χ3v) is 6.66. The van der Waals surface area contributed by atoms with Crippen molar-refractivity contribution in [3.8, 4) is 0 Å². The van der Waals surface area contributed by atoms with Crippen molar-refractivity contribution >= 4 is 29.0 Å². The van der Waals surface area contributed by atoms with Crippen LogP contribution in [0.1, 0.15) is 63.6 Å². The molecule has 0 spiro atoms. The summed E-state index contributed by atoms with van der Waals surface area (Å²) in [6.45, 7) is 13.5. The number of rotatable bonds is 11. The Morgan fingerprint density at radius 3 is 2.29 bits per heavy atom. The standard InChI is InChI=1S/C31H40N2O5/c1-22-16-23-10-7-9-13-26(23)33(18-24-11-6-8-12-25(22)24)28(35)15-14-27(34)32-19-31(4,5)21-38-20-30(2,3)17-29(36)37/h6-13H,1,14-21H2,2-5H3,(H,32,34)(H,36,37). The van der Waals surface area contributed by atoms with Gasteiger partial charge in [0, 0.05) is 30.5 Å². The third-order valence-electron chi connectivity index (χ3n) is 6.66. The van der Waals surface area contributed by atoms with Crippen molar-refractivity contribution in [2.45, 2.75) is 59.9 Å². The average Bonchev–Trinajstić information content (AvgIpc) is 2.83. The van der Waals surface area contributed by atoms with Crippen molar-refractivity contribution in [1.29, 1.82) is 0 Å². The van der Waals surface area contributed by atoms with Crippen LogP contribution in [0.25, 0.3) is 5.57 Å². The number of allylic oxidation sites excluding steroid dienone is 1. The SMILES string of the molecule is C=C1Cc2ccccc2N(C(=O)CCC(=O)NCC(C)(C)COCC(C)(C)CC(=O)O)Cc2ccccc21. The smallest absolute Gasteiger partial charge is 0.303 e.